The van der Waals surface area contributed by atoms with E-state index in [9.17, 15) is 18.0 Å². The molecule has 0 aliphatic heterocycles. The first kappa shape index (κ1) is 12.2. The van der Waals surface area contributed by atoms with Crippen molar-refractivity contribution >= 4 is 5.97 Å². The minimum Gasteiger partial charge on any atom is -0.475 e. The molecule has 0 aromatic carbocycles. The number of nitrogens with zero attached hydrogens (tertiary/aromatic N) is 1. The zero-order valence-electron chi connectivity index (χ0n) is 8.73. The highest BCUT2D eigenvalue weighted by Crippen LogP contribution is 2.36. The van der Waals surface area contributed by atoms with Crippen molar-refractivity contribution in [2.45, 2.75) is 6.18 Å². The Morgan fingerprint density at radius 2 is 2.00 bits per heavy atom. The summed E-state index contributed by atoms with van der Waals surface area (Å²) in [4.78, 5) is 14.2. The maximum absolute atomic E-state index is 12.7. The number of alkyl halides is 3. The van der Waals surface area contributed by atoms with Gasteiger partial charge in [0, 0.05) is 18.0 Å². The van der Waals surface area contributed by atoms with Gasteiger partial charge >= 0.3 is 12.1 Å². The lowest BCUT2D eigenvalue weighted by Gasteiger charge is -2.09. The molecule has 4 nitrogen and oxygen atoms in total. The van der Waals surface area contributed by atoms with E-state index in [0.717, 1.165) is 30.6 Å². The van der Waals surface area contributed by atoms with Crippen molar-refractivity contribution in [3.63, 3.8) is 0 Å². The van der Waals surface area contributed by atoms with Crippen molar-refractivity contribution in [2.24, 2.45) is 0 Å². The molecule has 7 heteroatoms. The van der Waals surface area contributed by atoms with Gasteiger partial charge in [0.1, 0.15) is 5.76 Å². The van der Waals surface area contributed by atoms with Crippen LogP contribution in [0.5, 0.6) is 0 Å². The van der Waals surface area contributed by atoms with E-state index in [-0.39, 0.29) is 11.3 Å². The summed E-state index contributed by atoms with van der Waals surface area (Å²) in [6.07, 6.45) is -2.57. The Labute approximate surface area is 98.7 Å². The number of aromatic nitrogens is 1. The molecular formula is C11H6F3NO3. The number of pyridine rings is 1. The second-order valence-corrected chi connectivity index (χ2v) is 3.39. The van der Waals surface area contributed by atoms with E-state index >= 15 is 0 Å². The molecule has 0 spiro atoms. The number of aromatic carboxylic acids is 1. The number of carbonyl (C=O) groups is 1. The van der Waals surface area contributed by atoms with Gasteiger partial charge in [0.05, 0.1) is 5.56 Å². The summed E-state index contributed by atoms with van der Waals surface area (Å²) in [6, 6.07) is 3.05. The van der Waals surface area contributed by atoms with Crippen LogP contribution in [0.4, 0.5) is 13.2 Å². The molecule has 0 saturated heterocycles. The molecule has 2 heterocycles. The van der Waals surface area contributed by atoms with Crippen molar-refractivity contribution in [3.8, 4) is 11.3 Å². The zero-order chi connectivity index (χ0) is 13.3. The van der Waals surface area contributed by atoms with Crippen molar-refractivity contribution in [3.05, 3.63) is 41.9 Å². The Hall–Kier alpha value is -2.31. The Bertz CT molecular complexity index is 589. The van der Waals surface area contributed by atoms with Crippen molar-refractivity contribution in [2.75, 3.05) is 0 Å². The second kappa shape index (κ2) is 4.17. The highest BCUT2D eigenvalue weighted by Gasteiger charge is 2.34. The topological polar surface area (TPSA) is 63.3 Å². The Morgan fingerprint density at radius 3 is 2.56 bits per heavy atom. The highest BCUT2D eigenvalue weighted by molar-refractivity contribution is 5.85. The second-order valence-electron chi connectivity index (χ2n) is 3.39. The molecule has 2 aromatic heterocycles. The number of hydrogen-bond acceptors (Lipinski definition) is 3. The monoisotopic (exact) mass is 257 g/mol. The maximum atomic E-state index is 12.7. The third-order valence-corrected chi connectivity index (χ3v) is 2.21. The zero-order valence-corrected chi connectivity index (χ0v) is 8.73. The molecule has 1 N–H and O–H groups in total. The van der Waals surface area contributed by atoms with E-state index in [4.69, 9.17) is 9.52 Å². The lowest BCUT2D eigenvalue weighted by Crippen LogP contribution is -2.07. The third kappa shape index (κ3) is 2.20. The van der Waals surface area contributed by atoms with Crippen LogP contribution in [0.3, 0.4) is 0 Å². The van der Waals surface area contributed by atoms with Gasteiger partial charge < -0.3 is 9.52 Å². The van der Waals surface area contributed by atoms with Crippen LogP contribution in [0.1, 0.15) is 16.1 Å². The summed E-state index contributed by atoms with van der Waals surface area (Å²) in [5.74, 6) is -1.96. The van der Waals surface area contributed by atoms with Crippen molar-refractivity contribution < 1.29 is 27.5 Å². The summed E-state index contributed by atoms with van der Waals surface area (Å²) < 4.78 is 43.0. The van der Waals surface area contributed by atoms with E-state index in [1.165, 1.54) is 0 Å². The molecule has 0 atom stereocenters. The van der Waals surface area contributed by atoms with Gasteiger partial charge in [-0.15, -0.1) is 0 Å². The van der Waals surface area contributed by atoms with E-state index in [2.05, 4.69) is 4.98 Å². The van der Waals surface area contributed by atoms with Crippen molar-refractivity contribution in [1.29, 1.82) is 0 Å². The standard InChI is InChI=1S/C11H6F3NO3/c12-11(13,14)7-3-4-15-5-6(7)8-1-2-9(18-8)10(16)17/h1-5H,(H,16,17). The lowest BCUT2D eigenvalue weighted by molar-refractivity contribution is -0.137. The number of carboxylic acid groups (broad SMARTS) is 1. The molecule has 18 heavy (non-hydrogen) atoms. The van der Waals surface area contributed by atoms with E-state index in [0.29, 0.717) is 0 Å². The molecule has 2 aromatic rings. The van der Waals surface area contributed by atoms with Gasteiger partial charge in [-0.3, -0.25) is 4.98 Å². The number of furan rings is 1. The summed E-state index contributed by atoms with van der Waals surface area (Å²) in [5, 5.41) is 8.64. The van der Waals surface area contributed by atoms with Gasteiger partial charge in [-0.25, -0.2) is 4.79 Å². The maximum Gasteiger partial charge on any atom is 0.417 e. The first-order valence-corrected chi connectivity index (χ1v) is 4.74. The van der Waals surface area contributed by atoms with Gasteiger partial charge in [0.2, 0.25) is 5.76 Å². The molecule has 0 bridgehead atoms. The summed E-state index contributed by atoms with van der Waals surface area (Å²) in [6.45, 7) is 0. The highest BCUT2D eigenvalue weighted by atomic mass is 19.4. The molecule has 0 radical (unpaired) electrons. The van der Waals surface area contributed by atoms with Crippen LogP contribution < -0.4 is 0 Å². The van der Waals surface area contributed by atoms with Crippen molar-refractivity contribution in [1.82, 2.24) is 4.98 Å². The molecule has 0 fully saturated rings. The quantitative estimate of drug-likeness (QED) is 0.897. The molecular weight excluding hydrogens is 251 g/mol. The van der Waals surface area contributed by atoms with Gasteiger partial charge in [-0.1, -0.05) is 0 Å². The fourth-order valence-corrected chi connectivity index (χ4v) is 1.44. The fourth-order valence-electron chi connectivity index (χ4n) is 1.44. The predicted molar refractivity (Wildman–Crippen MR) is 53.9 cm³/mol. The molecule has 0 amide bonds. The van der Waals surface area contributed by atoms with Gasteiger partial charge in [-0.05, 0) is 18.2 Å². The van der Waals surface area contributed by atoms with E-state index in [1.54, 1.807) is 0 Å². The summed E-state index contributed by atoms with van der Waals surface area (Å²) >= 11 is 0. The van der Waals surface area contributed by atoms with Gasteiger partial charge in [0.25, 0.3) is 0 Å². The number of hydrogen-bond donors (Lipinski definition) is 1. The van der Waals surface area contributed by atoms with Crippen LogP contribution in [0, 0.1) is 0 Å². The summed E-state index contributed by atoms with van der Waals surface area (Å²) in [5.41, 5.74) is -1.22. The van der Waals surface area contributed by atoms with Crippen LogP contribution in [0.15, 0.2) is 35.0 Å². The number of carboxylic acids is 1. The molecule has 0 aliphatic rings. The molecule has 94 valence electrons. The average Bonchev–Trinajstić information content (AvgIpc) is 2.77. The smallest absolute Gasteiger partial charge is 0.417 e. The largest absolute Gasteiger partial charge is 0.475 e. The normalized spacial score (nSPS) is 11.5. The minimum absolute atomic E-state index is 0.187. The minimum atomic E-state index is -4.56. The third-order valence-electron chi connectivity index (χ3n) is 2.21. The van der Waals surface area contributed by atoms with E-state index < -0.39 is 23.5 Å². The first-order chi connectivity index (χ1) is 8.39. The Kier molecular flexibility index (Phi) is 2.82. The van der Waals surface area contributed by atoms with Crippen LogP contribution in [-0.4, -0.2) is 16.1 Å². The fraction of sp³-hybridized carbons (Fsp3) is 0.0909. The molecule has 0 saturated carbocycles. The Balaban J connectivity index is 2.53. The molecule has 0 unspecified atom stereocenters. The van der Waals surface area contributed by atoms with Crippen LogP contribution in [0.25, 0.3) is 11.3 Å². The molecule has 0 aliphatic carbocycles. The molecule has 2 rings (SSSR count). The Morgan fingerprint density at radius 1 is 1.28 bits per heavy atom. The average molecular weight is 257 g/mol. The van der Waals surface area contributed by atoms with E-state index in [1.807, 2.05) is 0 Å². The van der Waals surface area contributed by atoms with Gasteiger partial charge in [0.15, 0.2) is 0 Å². The van der Waals surface area contributed by atoms with Gasteiger partial charge in [-0.2, -0.15) is 13.2 Å². The van der Waals surface area contributed by atoms with Crippen LogP contribution >= 0.6 is 0 Å². The van der Waals surface area contributed by atoms with Crippen LogP contribution in [-0.2, 0) is 6.18 Å². The number of halogens is 3. The lowest BCUT2D eigenvalue weighted by atomic mass is 10.1. The first-order valence-electron chi connectivity index (χ1n) is 4.74. The SMILES string of the molecule is O=C(O)c1ccc(-c2cnccc2C(F)(F)F)o1. The number of rotatable bonds is 2. The summed E-state index contributed by atoms with van der Waals surface area (Å²) in [7, 11) is 0. The predicted octanol–water partition coefficient (Wildman–Crippen LogP) is 3.06. The van der Waals surface area contributed by atoms with Crippen LogP contribution in [0.2, 0.25) is 0 Å².